The molecule has 2 saturated heterocycles. The largest absolute Gasteiger partial charge is 0.338 e. The highest BCUT2D eigenvalue weighted by Crippen LogP contribution is 2.15. The first-order valence-corrected chi connectivity index (χ1v) is 10.4. The van der Waals surface area contributed by atoms with Crippen LogP contribution in [-0.2, 0) is 10.0 Å². The summed E-state index contributed by atoms with van der Waals surface area (Å²) in [4.78, 5) is 16.3. The molecule has 2 heterocycles. The van der Waals surface area contributed by atoms with Crippen LogP contribution in [0.25, 0.3) is 0 Å². The first-order chi connectivity index (χ1) is 10.9. The van der Waals surface area contributed by atoms with E-state index in [1.165, 1.54) is 36.5 Å². The van der Waals surface area contributed by atoms with E-state index in [9.17, 15) is 13.2 Å². The second-order valence-electron chi connectivity index (χ2n) is 6.78. The lowest BCUT2D eigenvalue weighted by molar-refractivity contribution is 0.168. The number of hydrogen-bond acceptors (Lipinski definition) is 4. The number of piperazine rings is 1. The molecule has 2 aliphatic heterocycles. The number of carbonyl (C=O) groups is 1. The number of nitrogens with one attached hydrogen (secondary N) is 1. The van der Waals surface area contributed by atoms with Crippen molar-refractivity contribution in [3.63, 3.8) is 0 Å². The summed E-state index contributed by atoms with van der Waals surface area (Å²) in [7, 11) is -3.14. The van der Waals surface area contributed by atoms with Crippen LogP contribution in [0.2, 0.25) is 0 Å². The lowest BCUT2D eigenvalue weighted by Crippen LogP contribution is -2.53. The molecule has 0 spiro atoms. The summed E-state index contributed by atoms with van der Waals surface area (Å²) >= 11 is 0. The van der Waals surface area contributed by atoms with Gasteiger partial charge in [-0.2, -0.15) is 4.31 Å². The maximum absolute atomic E-state index is 12.1. The molecular weight excluding hydrogens is 316 g/mol. The standard InChI is InChI=1S/C15H30N4O3S/c1-14-5-3-7-17(13-14)8-4-6-16-15(20)18-9-11-19(12-10-18)23(2,21)22/h14H,3-13H2,1-2H3,(H,16,20). The highest BCUT2D eigenvalue weighted by Gasteiger charge is 2.25. The average molecular weight is 346 g/mol. The van der Waals surface area contributed by atoms with Gasteiger partial charge in [-0.1, -0.05) is 6.92 Å². The van der Waals surface area contributed by atoms with Crippen molar-refractivity contribution in [3.8, 4) is 0 Å². The second kappa shape index (κ2) is 8.30. The monoisotopic (exact) mass is 346 g/mol. The van der Waals surface area contributed by atoms with Crippen molar-refractivity contribution in [2.24, 2.45) is 5.92 Å². The molecule has 2 amide bonds. The van der Waals surface area contributed by atoms with E-state index >= 15 is 0 Å². The summed E-state index contributed by atoms with van der Waals surface area (Å²) in [5, 5.41) is 2.95. The Labute approximate surface area is 140 Å². The third kappa shape index (κ3) is 5.93. The third-order valence-corrected chi connectivity index (χ3v) is 5.97. The Morgan fingerprint density at radius 3 is 2.48 bits per heavy atom. The van der Waals surface area contributed by atoms with Crippen molar-refractivity contribution in [1.29, 1.82) is 0 Å². The van der Waals surface area contributed by atoms with Crippen molar-refractivity contribution in [2.45, 2.75) is 26.2 Å². The normalized spacial score (nSPS) is 24.6. The minimum Gasteiger partial charge on any atom is -0.338 e. The number of likely N-dealkylation sites (tertiary alicyclic amines) is 1. The van der Waals surface area contributed by atoms with Crippen LogP contribution in [0.15, 0.2) is 0 Å². The molecule has 0 saturated carbocycles. The van der Waals surface area contributed by atoms with E-state index in [1.54, 1.807) is 4.90 Å². The predicted octanol–water partition coefficient (Wildman–Crippen LogP) is 0.395. The number of amides is 2. The number of urea groups is 1. The van der Waals surface area contributed by atoms with Crippen molar-refractivity contribution >= 4 is 16.1 Å². The van der Waals surface area contributed by atoms with E-state index < -0.39 is 10.0 Å². The van der Waals surface area contributed by atoms with Crippen LogP contribution < -0.4 is 5.32 Å². The van der Waals surface area contributed by atoms with Crippen LogP contribution in [0.4, 0.5) is 4.79 Å². The highest BCUT2D eigenvalue weighted by atomic mass is 32.2. The maximum atomic E-state index is 12.1. The fourth-order valence-electron chi connectivity index (χ4n) is 3.32. The van der Waals surface area contributed by atoms with Gasteiger partial charge in [0.25, 0.3) is 0 Å². The molecule has 0 bridgehead atoms. The molecule has 0 radical (unpaired) electrons. The molecule has 8 heteroatoms. The van der Waals surface area contributed by atoms with Gasteiger partial charge in [0.05, 0.1) is 6.26 Å². The Morgan fingerprint density at radius 1 is 1.17 bits per heavy atom. The molecule has 23 heavy (non-hydrogen) atoms. The minimum atomic E-state index is -3.14. The Morgan fingerprint density at radius 2 is 1.87 bits per heavy atom. The first-order valence-electron chi connectivity index (χ1n) is 8.56. The van der Waals surface area contributed by atoms with E-state index in [-0.39, 0.29) is 6.03 Å². The van der Waals surface area contributed by atoms with Crippen LogP contribution in [0.1, 0.15) is 26.2 Å². The van der Waals surface area contributed by atoms with Crippen LogP contribution in [-0.4, -0.2) is 87.2 Å². The van der Waals surface area contributed by atoms with Crippen LogP contribution in [0, 0.1) is 5.92 Å². The number of nitrogens with zero attached hydrogens (tertiary/aromatic N) is 3. The first kappa shape index (κ1) is 18.5. The Hall–Kier alpha value is -0.860. The minimum absolute atomic E-state index is 0.0786. The van der Waals surface area contributed by atoms with Crippen LogP contribution >= 0.6 is 0 Å². The lowest BCUT2D eigenvalue weighted by atomic mass is 10.0. The third-order valence-electron chi connectivity index (χ3n) is 4.66. The molecule has 0 aromatic rings. The topological polar surface area (TPSA) is 73.0 Å². The van der Waals surface area contributed by atoms with Crippen molar-refractivity contribution < 1.29 is 13.2 Å². The van der Waals surface area contributed by atoms with Gasteiger partial charge in [0, 0.05) is 39.3 Å². The van der Waals surface area contributed by atoms with Gasteiger partial charge >= 0.3 is 6.03 Å². The van der Waals surface area contributed by atoms with Crippen LogP contribution in [0.3, 0.4) is 0 Å². The molecule has 7 nitrogen and oxygen atoms in total. The van der Waals surface area contributed by atoms with Gasteiger partial charge in [0.2, 0.25) is 10.0 Å². The van der Waals surface area contributed by atoms with Crippen LogP contribution in [0.5, 0.6) is 0 Å². The molecule has 1 atom stereocenters. The fraction of sp³-hybridized carbons (Fsp3) is 0.933. The molecule has 1 unspecified atom stereocenters. The summed E-state index contributed by atoms with van der Waals surface area (Å²) in [6, 6.07) is -0.0786. The molecule has 0 aliphatic carbocycles. The van der Waals surface area contributed by atoms with Crippen molar-refractivity contribution in [3.05, 3.63) is 0 Å². The zero-order valence-electron chi connectivity index (χ0n) is 14.3. The van der Waals surface area contributed by atoms with Gasteiger partial charge in [0.1, 0.15) is 0 Å². The van der Waals surface area contributed by atoms with Crippen molar-refractivity contribution in [1.82, 2.24) is 19.4 Å². The number of carbonyl (C=O) groups excluding carboxylic acids is 1. The number of piperidine rings is 1. The summed E-state index contributed by atoms with van der Waals surface area (Å²) in [6.45, 7) is 8.04. The molecule has 2 fully saturated rings. The number of hydrogen-bond donors (Lipinski definition) is 1. The van der Waals surface area contributed by atoms with E-state index in [1.807, 2.05) is 0 Å². The lowest BCUT2D eigenvalue weighted by Gasteiger charge is -2.33. The molecule has 2 aliphatic rings. The SMILES string of the molecule is CC1CCCN(CCCNC(=O)N2CCN(S(C)(=O)=O)CC2)C1. The highest BCUT2D eigenvalue weighted by molar-refractivity contribution is 7.88. The quantitative estimate of drug-likeness (QED) is 0.731. The van der Waals surface area contributed by atoms with Gasteiger partial charge < -0.3 is 15.1 Å². The average Bonchev–Trinajstić information content (AvgIpc) is 2.51. The molecule has 0 aromatic carbocycles. The zero-order chi connectivity index (χ0) is 16.9. The Bertz CT molecular complexity index is 489. The second-order valence-corrected chi connectivity index (χ2v) is 8.77. The van der Waals surface area contributed by atoms with Gasteiger partial charge in [-0.05, 0) is 38.3 Å². The smallest absolute Gasteiger partial charge is 0.317 e. The van der Waals surface area contributed by atoms with E-state index in [0.717, 1.165) is 18.9 Å². The summed E-state index contributed by atoms with van der Waals surface area (Å²) in [5.41, 5.74) is 0. The molecule has 2 rings (SSSR count). The summed E-state index contributed by atoms with van der Waals surface area (Å²) in [5.74, 6) is 0.782. The predicted molar refractivity (Wildman–Crippen MR) is 90.8 cm³/mol. The summed E-state index contributed by atoms with van der Waals surface area (Å²) < 4.78 is 24.3. The van der Waals surface area contributed by atoms with Gasteiger partial charge in [-0.15, -0.1) is 0 Å². The number of sulfonamides is 1. The Balaban J connectivity index is 1.60. The summed E-state index contributed by atoms with van der Waals surface area (Å²) in [6.07, 6.45) is 4.77. The Kier molecular flexibility index (Phi) is 6.67. The zero-order valence-corrected chi connectivity index (χ0v) is 15.1. The molecule has 0 aromatic heterocycles. The van der Waals surface area contributed by atoms with Gasteiger partial charge in [0.15, 0.2) is 0 Å². The van der Waals surface area contributed by atoms with Gasteiger partial charge in [-0.3, -0.25) is 0 Å². The maximum Gasteiger partial charge on any atom is 0.317 e. The molecular formula is C15H30N4O3S. The van der Waals surface area contributed by atoms with Crippen molar-refractivity contribution in [2.75, 3.05) is 58.6 Å². The van der Waals surface area contributed by atoms with E-state index in [0.29, 0.717) is 32.7 Å². The number of rotatable bonds is 5. The van der Waals surface area contributed by atoms with E-state index in [4.69, 9.17) is 0 Å². The van der Waals surface area contributed by atoms with Gasteiger partial charge in [-0.25, -0.2) is 13.2 Å². The molecule has 134 valence electrons. The van der Waals surface area contributed by atoms with E-state index in [2.05, 4.69) is 17.1 Å². The fourth-order valence-corrected chi connectivity index (χ4v) is 4.15. The molecule has 1 N–H and O–H groups in total.